The molecule has 2 rings (SSSR count). The van der Waals surface area contributed by atoms with E-state index in [1.807, 2.05) is 0 Å². The van der Waals surface area contributed by atoms with Gasteiger partial charge in [0.2, 0.25) is 0 Å². The van der Waals surface area contributed by atoms with Crippen LogP contribution in [0.3, 0.4) is 0 Å². The first kappa shape index (κ1) is 13.3. The van der Waals surface area contributed by atoms with Crippen molar-refractivity contribution < 1.29 is 0 Å². The SMILES string of the molecule is CC1(C)CCCC1C(N)Cc1ccc(I)cc1. The molecule has 2 heteroatoms. The van der Waals surface area contributed by atoms with E-state index in [9.17, 15) is 0 Å². The quantitative estimate of drug-likeness (QED) is 0.826. The van der Waals surface area contributed by atoms with Gasteiger partial charge in [-0.15, -0.1) is 0 Å². The van der Waals surface area contributed by atoms with Crippen molar-refractivity contribution in [2.45, 2.75) is 45.6 Å². The molecule has 1 nitrogen and oxygen atoms in total. The van der Waals surface area contributed by atoms with E-state index in [2.05, 4.69) is 60.7 Å². The second-order valence-corrected chi connectivity index (χ2v) is 7.23. The smallest absolute Gasteiger partial charge is 0.0130 e. The minimum Gasteiger partial charge on any atom is -0.327 e. The van der Waals surface area contributed by atoms with Crippen LogP contribution in [0, 0.1) is 14.9 Å². The maximum absolute atomic E-state index is 6.42. The zero-order valence-electron chi connectivity index (χ0n) is 10.7. The van der Waals surface area contributed by atoms with Crippen LogP contribution in [-0.2, 0) is 6.42 Å². The molecule has 1 aromatic carbocycles. The fourth-order valence-electron chi connectivity index (χ4n) is 3.18. The molecule has 1 fully saturated rings. The molecule has 0 heterocycles. The van der Waals surface area contributed by atoms with Crippen LogP contribution < -0.4 is 5.73 Å². The van der Waals surface area contributed by atoms with Crippen LogP contribution in [-0.4, -0.2) is 6.04 Å². The van der Waals surface area contributed by atoms with E-state index in [4.69, 9.17) is 5.73 Å². The topological polar surface area (TPSA) is 26.0 Å². The number of hydrogen-bond donors (Lipinski definition) is 1. The third-order valence-corrected chi connectivity index (χ3v) is 4.96. The molecule has 0 radical (unpaired) electrons. The summed E-state index contributed by atoms with van der Waals surface area (Å²) in [5.74, 6) is 0.682. The molecule has 17 heavy (non-hydrogen) atoms. The van der Waals surface area contributed by atoms with Gasteiger partial charge in [-0.3, -0.25) is 0 Å². The van der Waals surface area contributed by atoms with Crippen LogP contribution in [0.1, 0.15) is 38.7 Å². The van der Waals surface area contributed by atoms with Crippen molar-refractivity contribution in [1.29, 1.82) is 0 Å². The maximum Gasteiger partial charge on any atom is 0.0130 e. The van der Waals surface area contributed by atoms with Gasteiger partial charge < -0.3 is 5.73 Å². The van der Waals surface area contributed by atoms with Crippen LogP contribution >= 0.6 is 22.6 Å². The van der Waals surface area contributed by atoms with Crippen molar-refractivity contribution in [2.75, 3.05) is 0 Å². The molecule has 94 valence electrons. The number of nitrogens with two attached hydrogens (primary N) is 1. The summed E-state index contributed by atoms with van der Waals surface area (Å²) in [6, 6.07) is 9.07. The van der Waals surface area contributed by atoms with Gasteiger partial charge in [0.05, 0.1) is 0 Å². The minimum absolute atomic E-state index is 0.313. The second-order valence-electron chi connectivity index (χ2n) is 5.98. The highest BCUT2D eigenvalue weighted by molar-refractivity contribution is 14.1. The molecular formula is C15H22IN. The zero-order valence-corrected chi connectivity index (χ0v) is 12.9. The van der Waals surface area contributed by atoms with Gasteiger partial charge >= 0.3 is 0 Å². The lowest BCUT2D eigenvalue weighted by Gasteiger charge is -2.32. The van der Waals surface area contributed by atoms with E-state index in [0.717, 1.165) is 6.42 Å². The predicted molar refractivity (Wildman–Crippen MR) is 82.0 cm³/mol. The van der Waals surface area contributed by atoms with Crippen molar-refractivity contribution in [1.82, 2.24) is 0 Å². The highest BCUT2D eigenvalue weighted by atomic mass is 127. The Kier molecular flexibility index (Phi) is 4.14. The summed E-state index contributed by atoms with van der Waals surface area (Å²) in [6.07, 6.45) is 5.00. The average Bonchev–Trinajstić information content (AvgIpc) is 2.61. The molecule has 0 amide bonds. The number of hydrogen-bond acceptors (Lipinski definition) is 1. The van der Waals surface area contributed by atoms with Crippen molar-refractivity contribution in [3.8, 4) is 0 Å². The lowest BCUT2D eigenvalue weighted by atomic mass is 9.76. The van der Waals surface area contributed by atoms with Crippen molar-refractivity contribution in [3.63, 3.8) is 0 Å². The van der Waals surface area contributed by atoms with Crippen molar-refractivity contribution >= 4 is 22.6 Å². The molecule has 0 bridgehead atoms. The Bertz CT molecular complexity index is 369. The second kappa shape index (κ2) is 5.27. The molecule has 1 aliphatic carbocycles. The van der Waals surface area contributed by atoms with Gasteiger partial charge in [0.25, 0.3) is 0 Å². The van der Waals surface area contributed by atoms with E-state index in [-0.39, 0.29) is 0 Å². The Morgan fingerprint density at radius 2 is 2.00 bits per heavy atom. The van der Waals surface area contributed by atoms with Gasteiger partial charge in [-0.25, -0.2) is 0 Å². The highest BCUT2D eigenvalue weighted by Gasteiger charge is 2.37. The van der Waals surface area contributed by atoms with Crippen molar-refractivity contribution in [2.24, 2.45) is 17.1 Å². The maximum atomic E-state index is 6.42. The first-order valence-corrected chi connectivity index (χ1v) is 7.57. The summed E-state index contributed by atoms with van der Waals surface area (Å²) in [5.41, 5.74) is 8.23. The Labute approximate surface area is 118 Å². The fourth-order valence-corrected chi connectivity index (χ4v) is 3.54. The summed E-state index contributed by atoms with van der Waals surface area (Å²) >= 11 is 2.34. The summed E-state index contributed by atoms with van der Waals surface area (Å²) in [5, 5.41) is 0. The molecule has 1 saturated carbocycles. The van der Waals surface area contributed by atoms with Gasteiger partial charge in [-0.1, -0.05) is 32.4 Å². The lowest BCUT2D eigenvalue weighted by molar-refractivity contribution is 0.220. The number of halogens is 1. The Morgan fingerprint density at radius 3 is 2.53 bits per heavy atom. The third kappa shape index (κ3) is 3.22. The molecule has 0 aromatic heterocycles. The summed E-state index contributed by atoms with van der Waals surface area (Å²) in [7, 11) is 0. The fraction of sp³-hybridized carbons (Fsp3) is 0.600. The molecule has 1 aliphatic rings. The van der Waals surface area contributed by atoms with Crippen LogP contribution in [0.4, 0.5) is 0 Å². The molecule has 2 N–H and O–H groups in total. The van der Waals surface area contributed by atoms with Gasteiger partial charge in [-0.05, 0) is 70.9 Å². The van der Waals surface area contributed by atoms with Gasteiger partial charge in [0.15, 0.2) is 0 Å². The van der Waals surface area contributed by atoms with E-state index in [0.29, 0.717) is 17.4 Å². The molecule has 0 saturated heterocycles. The Hall–Kier alpha value is -0.0900. The minimum atomic E-state index is 0.313. The van der Waals surface area contributed by atoms with E-state index >= 15 is 0 Å². The number of rotatable bonds is 3. The normalized spacial score (nSPS) is 24.8. The largest absolute Gasteiger partial charge is 0.327 e. The zero-order chi connectivity index (χ0) is 12.5. The standard InChI is InChI=1S/C15H22IN/c1-15(2)9-3-4-13(15)14(17)10-11-5-7-12(16)8-6-11/h5-8,13-14H,3-4,9-10,17H2,1-2H3. The predicted octanol–water partition coefficient (Wildman–Crippen LogP) is 3.99. The highest BCUT2D eigenvalue weighted by Crippen LogP contribution is 2.44. The van der Waals surface area contributed by atoms with Gasteiger partial charge in [0, 0.05) is 9.61 Å². The van der Waals surface area contributed by atoms with E-state index < -0.39 is 0 Å². The number of benzene rings is 1. The van der Waals surface area contributed by atoms with E-state index in [1.54, 1.807) is 0 Å². The van der Waals surface area contributed by atoms with Gasteiger partial charge in [-0.2, -0.15) is 0 Å². The lowest BCUT2D eigenvalue weighted by Crippen LogP contribution is -2.38. The summed E-state index contributed by atoms with van der Waals surface area (Å²) in [4.78, 5) is 0. The monoisotopic (exact) mass is 343 g/mol. The first-order valence-electron chi connectivity index (χ1n) is 6.49. The van der Waals surface area contributed by atoms with Crippen molar-refractivity contribution in [3.05, 3.63) is 33.4 Å². The van der Waals surface area contributed by atoms with Crippen LogP contribution in [0.15, 0.2) is 24.3 Å². The van der Waals surface area contributed by atoms with Crippen LogP contribution in [0.2, 0.25) is 0 Å². The average molecular weight is 343 g/mol. The summed E-state index contributed by atoms with van der Waals surface area (Å²) in [6.45, 7) is 4.75. The molecular weight excluding hydrogens is 321 g/mol. The summed E-state index contributed by atoms with van der Waals surface area (Å²) < 4.78 is 1.29. The Balaban J connectivity index is 2.01. The molecule has 2 atom stereocenters. The molecule has 0 spiro atoms. The van der Waals surface area contributed by atoms with E-state index in [1.165, 1.54) is 28.4 Å². The molecule has 1 aromatic rings. The van der Waals surface area contributed by atoms with Gasteiger partial charge in [0.1, 0.15) is 0 Å². The molecule has 2 unspecified atom stereocenters. The third-order valence-electron chi connectivity index (χ3n) is 4.24. The van der Waals surface area contributed by atoms with Crippen LogP contribution in [0.5, 0.6) is 0 Å². The first-order chi connectivity index (χ1) is 7.99. The molecule has 0 aliphatic heterocycles. The Morgan fingerprint density at radius 1 is 1.35 bits per heavy atom. The van der Waals surface area contributed by atoms with Crippen LogP contribution in [0.25, 0.3) is 0 Å².